The minimum absolute atomic E-state index is 0.179. The van der Waals surface area contributed by atoms with E-state index in [2.05, 4.69) is 12.2 Å². The van der Waals surface area contributed by atoms with Crippen LogP contribution < -0.4 is 10.1 Å². The summed E-state index contributed by atoms with van der Waals surface area (Å²) in [5, 5.41) is 2.78. The van der Waals surface area contributed by atoms with Crippen molar-refractivity contribution in [2.75, 3.05) is 25.0 Å². The van der Waals surface area contributed by atoms with Gasteiger partial charge in [0.25, 0.3) is 0 Å². The van der Waals surface area contributed by atoms with Crippen molar-refractivity contribution in [3.8, 4) is 5.75 Å². The van der Waals surface area contributed by atoms with Crippen LogP contribution in [0, 0.1) is 0 Å². The Morgan fingerprint density at radius 3 is 2.28 bits per heavy atom. The third-order valence-corrected chi connectivity index (χ3v) is 6.93. The topological polar surface area (TPSA) is 75.7 Å². The van der Waals surface area contributed by atoms with Crippen LogP contribution >= 0.6 is 0 Å². The molecule has 2 aromatic carbocycles. The number of sulfonamides is 1. The first-order chi connectivity index (χ1) is 14.0. The number of piperidine rings is 1. The Hall–Kier alpha value is -2.38. The molecule has 0 bridgehead atoms. The van der Waals surface area contributed by atoms with E-state index in [1.54, 1.807) is 24.3 Å². The monoisotopic (exact) mass is 416 g/mol. The Morgan fingerprint density at radius 2 is 1.66 bits per heavy atom. The van der Waals surface area contributed by atoms with E-state index in [9.17, 15) is 13.2 Å². The zero-order valence-electron chi connectivity index (χ0n) is 16.8. The minimum Gasteiger partial charge on any atom is -0.493 e. The molecule has 1 heterocycles. The number of nitrogens with one attached hydrogen (secondary N) is 1. The first-order valence-electron chi connectivity index (χ1n) is 10.1. The van der Waals surface area contributed by atoms with Gasteiger partial charge in [0, 0.05) is 18.8 Å². The highest BCUT2D eigenvalue weighted by Crippen LogP contribution is 2.22. The Morgan fingerprint density at radius 1 is 1.00 bits per heavy atom. The van der Waals surface area contributed by atoms with E-state index in [0.29, 0.717) is 18.8 Å². The van der Waals surface area contributed by atoms with Crippen LogP contribution in [0.25, 0.3) is 0 Å². The molecule has 29 heavy (non-hydrogen) atoms. The van der Waals surface area contributed by atoms with Gasteiger partial charge in [-0.05, 0) is 61.2 Å². The molecule has 1 aliphatic rings. The molecule has 1 fully saturated rings. The summed E-state index contributed by atoms with van der Waals surface area (Å²) in [7, 11) is -3.46. The number of amides is 1. The van der Waals surface area contributed by atoms with Crippen molar-refractivity contribution >= 4 is 21.6 Å². The van der Waals surface area contributed by atoms with Gasteiger partial charge >= 0.3 is 0 Å². The quantitative estimate of drug-likeness (QED) is 0.710. The largest absolute Gasteiger partial charge is 0.493 e. The molecular formula is C22H28N2O4S. The van der Waals surface area contributed by atoms with Gasteiger partial charge < -0.3 is 10.1 Å². The molecule has 156 valence electrons. The first kappa shape index (κ1) is 21.3. The smallest absolute Gasteiger partial charge is 0.243 e. The number of ether oxygens (including phenoxy) is 1. The molecule has 2 aromatic rings. The van der Waals surface area contributed by atoms with Gasteiger partial charge in [-0.15, -0.1) is 0 Å². The van der Waals surface area contributed by atoms with E-state index in [0.717, 1.165) is 31.4 Å². The van der Waals surface area contributed by atoms with Crippen molar-refractivity contribution < 1.29 is 17.9 Å². The Kier molecular flexibility index (Phi) is 7.28. The zero-order valence-corrected chi connectivity index (χ0v) is 17.6. The Labute approximate surface area is 172 Å². The Balaban J connectivity index is 1.49. The van der Waals surface area contributed by atoms with Crippen LogP contribution in [-0.4, -0.2) is 38.3 Å². The number of hydrogen-bond donors (Lipinski definition) is 1. The first-order valence-corrected chi connectivity index (χ1v) is 11.5. The molecule has 7 heteroatoms. The summed E-state index contributed by atoms with van der Waals surface area (Å²) in [5.74, 6) is 0.559. The van der Waals surface area contributed by atoms with Crippen LogP contribution in [0.2, 0.25) is 0 Å². The second-order valence-corrected chi connectivity index (χ2v) is 9.07. The fourth-order valence-corrected chi connectivity index (χ4v) is 4.79. The summed E-state index contributed by atoms with van der Waals surface area (Å²) in [5.41, 5.74) is 1.81. The molecule has 0 aromatic heterocycles. The second-order valence-electron chi connectivity index (χ2n) is 7.13. The average molecular weight is 417 g/mol. The number of aryl methyl sites for hydroxylation is 1. The summed E-state index contributed by atoms with van der Waals surface area (Å²) in [4.78, 5) is 12.4. The summed E-state index contributed by atoms with van der Waals surface area (Å²) in [6, 6.07) is 14.2. The van der Waals surface area contributed by atoms with Gasteiger partial charge in [0.05, 0.1) is 17.9 Å². The third-order valence-electron chi connectivity index (χ3n) is 5.02. The van der Waals surface area contributed by atoms with E-state index in [4.69, 9.17) is 4.74 Å². The molecule has 1 amide bonds. The van der Waals surface area contributed by atoms with Crippen LogP contribution in [-0.2, 0) is 21.2 Å². The molecule has 1 N–H and O–H groups in total. The van der Waals surface area contributed by atoms with Gasteiger partial charge in [0.15, 0.2) is 0 Å². The number of hydrogen-bond acceptors (Lipinski definition) is 4. The molecule has 1 saturated heterocycles. The van der Waals surface area contributed by atoms with Crippen LogP contribution in [0.3, 0.4) is 0 Å². The van der Waals surface area contributed by atoms with Gasteiger partial charge in [-0.25, -0.2) is 8.42 Å². The van der Waals surface area contributed by atoms with Crippen LogP contribution in [0.5, 0.6) is 5.75 Å². The number of anilines is 1. The molecule has 0 spiro atoms. The average Bonchev–Trinajstić information content (AvgIpc) is 2.75. The second kappa shape index (κ2) is 9.89. The lowest BCUT2D eigenvalue weighted by Gasteiger charge is -2.25. The van der Waals surface area contributed by atoms with Gasteiger partial charge in [0.2, 0.25) is 15.9 Å². The van der Waals surface area contributed by atoms with Gasteiger partial charge in [-0.1, -0.05) is 25.5 Å². The van der Waals surface area contributed by atoms with Crippen molar-refractivity contribution in [3.05, 3.63) is 54.1 Å². The maximum Gasteiger partial charge on any atom is 0.243 e. The molecule has 0 atom stereocenters. The SMILES string of the molecule is CCc1ccc(OCCC(=O)Nc2ccc(S(=O)(=O)N3CCCCC3)cc2)cc1. The molecular weight excluding hydrogens is 388 g/mol. The van der Waals surface area contributed by atoms with Crippen LogP contribution in [0.4, 0.5) is 5.69 Å². The van der Waals surface area contributed by atoms with E-state index in [-0.39, 0.29) is 23.8 Å². The van der Waals surface area contributed by atoms with Gasteiger partial charge in [-0.2, -0.15) is 4.31 Å². The van der Waals surface area contributed by atoms with Crippen molar-refractivity contribution in [1.82, 2.24) is 4.31 Å². The number of nitrogens with zero attached hydrogens (tertiary/aromatic N) is 1. The third kappa shape index (κ3) is 5.81. The van der Waals surface area contributed by atoms with E-state index in [1.807, 2.05) is 24.3 Å². The number of carbonyl (C=O) groups is 1. The molecule has 6 nitrogen and oxygen atoms in total. The lowest BCUT2D eigenvalue weighted by Crippen LogP contribution is -2.35. The number of rotatable bonds is 8. The fourth-order valence-electron chi connectivity index (χ4n) is 3.27. The molecule has 0 saturated carbocycles. The highest BCUT2D eigenvalue weighted by atomic mass is 32.2. The van der Waals surface area contributed by atoms with Crippen molar-refractivity contribution in [2.45, 2.75) is 43.9 Å². The molecule has 1 aliphatic heterocycles. The minimum atomic E-state index is -3.46. The summed E-state index contributed by atoms with van der Waals surface area (Å²) >= 11 is 0. The van der Waals surface area contributed by atoms with Crippen LogP contribution in [0.15, 0.2) is 53.4 Å². The van der Waals surface area contributed by atoms with E-state index in [1.165, 1.54) is 9.87 Å². The standard InChI is InChI=1S/C22H28N2O4S/c1-2-18-6-10-20(11-7-18)28-17-14-22(25)23-19-8-12-21(13-9-19)29(26,27)24-15-4-3-5-16-24/h6-13H,2-5,14-17H2,1H3,(H,23,25). The highest BCUT2D eigenvalue weighted by Gasteiger charge is 2.25. The number of benzene rings is 2. The molecule has 0 unspecified atom stereocenters. The van der Waals surface area contributed by atoms with Crippen molar-refractivity contribution in [3.63, 3.8) is 0 Å². The summed E-state index contributed by atoms with van der Waals surface area (Å²) in [6.07, 6.45) is 4.06. The van der Waals surface area contributed by atoms with Crippen molar-refractivity contribution in [2.24, 2.45) is 0 Å². The summed E-state index contributed by atoms with van der Waals surface area (Å²) in [6.45, 7) is 3.51. The van der Waals surface area contributed by atoms with Gasteiger partial charge in [0.1, 0.15) is 5.75 Å². The zero-order chi connectivity index (χ0) is 20.7. The number of carbonyl (C=O) groups excluding carboxylic acids is 1. The lowest BCUT2D eigenvalue weighted by molar-refractivity contribution is -0.116. The predicted molar refractivity (Wildman–Crippen MR) is 114 cm³/mol. The maximum atomic E-state index is 12.7. The highest BCUT2D eigenvalue weighted by molar-refractivity contribution is 7.89. The maximum absolute atomic E-state index is 12.7. The van der Waals surface area contributed by atoms with E-state index >= 15 is 0 Å². The van der Waals surface area contributed by atoms with E-state index < -0.39 is 10.0 Å². The predicted octanol–water partition coefficient (Wildman–Crippen LogP) is 3.83. The van der Waals surface area contributed by atoms with Gasteiger partial charge in [-0.3, -0.25) is 4.79 Å². The molecule has 0 radical (unpaired) electrons. The fraction of sp³-hybridized carbons (Fsp3) is 0.409. The normalized spacial score (nSPS) is 15.1. The molecule has 0 aliphatic carbocycles. The Bertz CT molecular complexity index is 903. The summed E-state index contributed by atoms with van der Waals surface area (Å²) < 4.78 is 32.5. The van der Waals surface area contributed by atoms with Crippen LogP contribution in [0.1, 0.15) is 38.2 Å². The lowest BCUT2D eigenvalue weighted by atomic mass is 10.2. The molecule has 3 rings (SSSR count). The van der Waals surface area contributed by atoms with Crippen molar-refractivity contribution in [1.29, 1.82) is 0 Å².